The number of carbonyl (C=O) groups excluding carboxylic acids is 1. The first-order valence-corrected chi connectivity index (χ1v) is 20.1. The molecule has 2 bridgehead atoms. The molecule has 2 aromatic carbocycles. The van der Waals surface area contributed by atoms with Gasteiger partial charge in [0.05, 0.1) is 25.4 Å². The van der Waals surface area contributed by atoms with Gasteiger partial charge in [-0.25, -0.2) is 4.99 Å². The lowest BCUT2D eigenvalue weighted by atomic mass is 9.55. The van der Waals surface area contributed by atoms with Gasteiger partial charge in [-0.1, -0.05) is 55.9 Å². The van der Waals surface area contributed by atoms with Crippen molar-refractivity contribution in [1.82, 2.24) is 0 Å². The fourth-order valence-electron chi connectivity index (χ4n) is 9.85. The number of phenols is 2. The number of nitrogens with zero attached hydrogens (tertiary/aromatic N) is 1. The van der Waals surface area contributed by atoms with E-state index < -0.39 is 0 Å². The number of aryl methyl sites for hydroxylation is 1. The molecule has 9 nitrogen and oxygen atoms in total. The van der Waals surface area contributed by atoms with E-state index in [1.54, 1.807) is 19.3 Å². The predicted octanol–water partition coefficient (Wildman–Crippen LogP) is 7.16. The van der Waals surface area contributed by atoms with Gasteiger partial charge < -0.3 is 36.3 Å². The largest absolute Gasteiger partial charge is 0.508 e. The molecule has 0 heterocycles. The van der Waals surface area contributed by atoms with E-state index in [0.717, 1.165) is 72.8 Å². The van der Waals surface area contributed by atoms with Crippen LogP contribution >= 0.6 is 0 Å². The third kappa shape index (κ3) is 8.98. The smallest absolute Gasteiger partial charge is 0.186 e. The maximum absolute atomic E-state index is 13.4. The molecule has 54 heavy (non-hydrogen) atoms. The normalized spacial score (nSPS) is 26.8. The number of aliphatic imine (C=N–C) groups is 1. The Kier molecular flexibility index (Phi) is 13.1. The molecule has 0 aromatic heterocycles. The van der Waals surface area contributed by atoms with Crippen molar-refractivity contribution in [3.8, 4) is 29.1 Å². The number of aromatic hydroxyl groups is 2. The molecule has 0 radical (unpaired) electrons. The molecule has 290 valence electrons. The molecule has 0 amide bonds. The summed E-state index contributed by atoms with van der Waals surface area (Å²) in [6, 6.07) is 9.27. The SMILES string of the molecule is CCCC(=CC(=O)CCc1cc(OC2CCCC2)c(O)c2c1C#CC[C@H](N=C(N)N)C[C@@H]1C=C3[C@@H](C[C@H](C)C[C@@H]3c3cccc(O)c3)[C@H]2[C@H]1COC)CO. The van der Waals surface area contributed by atoms with Crippen LogP contribution < -0.4 is 16.2 Å². The van der Waals surface area contributed by atoms with Gasteiger partial charge in [-0.15, -0.1) is 0 Å². The van der Waals surface area contributed by atoms with E-state index in [2.05, 4.69) is 35.9 Å². The average Bonchev–Trinajstić information content (AvgIpc) is 3.65. The van der Waals surface area contributed by atoms with E-state index in [-0.39, 0.29) is 78.0 Å². The first-order chi connectivity index (χ1) is 26.1. The summed E-state index contributed by atoms with van der Waals surface area (Å²) in [6.07, 6.45) is 13.1. The van der Waals surface area contributed by atoms with Crippen LogP contribution in [0.4, 0.5) is 0 Å². The molecule has 7 N–H and O–H groups in total. The lowest BCUT2D eigenvalue weighted by molar-refractivity contribution is -0.114. The van der Waals surface area contributed by atoms with Crippen molar-refractivity contribution in [3.63, 3.8) is 0 Å². The molecular weight excluding hydrogens is 679 g/mol. The molecule has 4 aliphatic carbocycles. The minimum Gasteiger partial charge on any atom is -0.508 e. The van der Waals surface area contributed by atoms with Crippen molar-refractivity contribution in [1.29, 1.82) is 0 Å². The summed E-state index contributed by atoms with van der Waals surface area (Å²) in [5.41, 5.74) is 17.5. The number of hydrogen-bond donors (Lipinski definition) is 5. The van der Waals surface area contributed by atoms with E-state index in [1.807, 2.05) is 25.1 Å². The number of fused-ring (bicyclic) bond motifs is 6. The van der Waals surface area contributed by atoms with E-state index in [0.29, 0.717) is 44.0 Å². The zero-order chi connectivity index (χ0) is 38.4. The number of guanidine groups is 1. The van der Waals surface area contributed by atoms with Crippen LogP contribution in [-0.2, 0) is 16.0 Å². The van der Waals surface area contributed by atoms with Crippen LogP contribution in [0.3, 0.4) is 0 Å². The van der Waals surface area contributed by atoms with Crippen LogP contribution in [0, 0.1) is 35.5 Å². The number of ether oxygens (including phenoxy) is 2. The van der Waals surface area contributed by atoms with Crippen molar-refractivity contribution in [3.05, 3.63) is 75.9 Å². The molecule has 4 aliphatic rings. The first kappa shape index (κ1) is 39.4. The zero-order valence-electron chi connectivity index (χ0n) is 32.2. The Morgan fingerprint density at radius 3 is 2.59 bits per heavy atom. The fourth-order valence-corrected chi connectivity index (χ4v) is 9.85. The summed E-state index contributed by atoms with van der Waals surface area (Å²) in [6.45, 7) is 4.64. The van der Waals surface area contributed by atoms with E-state index in [4.69, 9.17) is 20.9 Å². The Morgan fingerprint density at radius 2 is 1.89 bits per heavy atom. The van der Waals surface area contributed by atoms with Crippen molar-refractivity contribution >= 4 is 11.7 Å². The number of methoxy groups -OCH3 is 1. The van der Waals surface area contributed by atoms with Crippen LogP contribution in [-0.4, -0.2) is 59.5 Å². The lowest BCUT2D eigenvalue weighted by Gasteiger charge is -2.49. The predicted molar refractivity (Wildman–Crippen MR) is 213 cm³/mol. The fraction of sp³-hybridized carbons (Fsp3) is 0.556. The number of phenolic OH excluding ortho intramolecular Hbond substituents is 2. The Balaban J connectivity index is 1.57. The van der Waals surface area contributed by atoms with Crippen molar-refractivity contribution in [2.75, 3.05) is 20.3 Å². The number of nitrogens with two attached hydrogens (primary N) is 2. The van der Waals surface area contributed by atoms with Gasteiger partial charge in [-0.05, 0) is 122 Å². The number of ketones is 1. The van der Waals surface area contributed by atoms with Crippen molar-refractivity contribution in [2.24, 2.45) is 40.1 Å². The topological polar surface area (TPSA) is 161 Å². The Morgan fingerprint density at radius 1 is 1.09 bits per heavy atom. The number of aliphatic hydroxyl groups excluding tert-OH is 1. The second kappa shape index (κ2) is 17.9. The molecule has 0 saturated heterocycles. The van der Waals surface area contributed by atoms with Crippen molar-refractivity contribution < 1.29 is 29.6 Å². The van der Waals surface area contributed by atoms with Gasteiger partial charge in [0.2, 0.25) is 0 Å². The number of hydrogen-bond acceptors (Lipinski definition) is 7. The number of benzene rings is 2. The average molecular weight is 738 g/mol. The highest BCUT2D eigenvalue weighted by Crippen LogP contribution is 2.59. The van der Waals surface area contributed by atoms with E-state index in [1.165, 1.54) is 5.57 Å². The quantitative estimate of drug-likeness (QED) is 0.0476. The van der Waals surface area contributed by atoms with E-state index >= 15 is 0 Å². The molecule has 0 aliphatic heterocycles. The van der Waals surface area contributed by atoms with Gasteiger partial charge in [-0.3, -0.25) is 4.79 Å². The Hall–Kier alpha value is -4.26. The highest BCUT2D eigenvalue weighted by Gasteiger charge is 2.48. The van der Waals surface area contributed by atoms with Gasteiger partial charge >= 0.3 is 0 Å². The maximum Gasteiger partial charge on any atom is 0.186 e. The van der Waals surface area contributed by atoms with Gasteiger partial charge in [0.25, 0.3) is 0 Å². The van der Waals surface area contributed by atoms with Gasteiger partial charge in [0.1, 0.15) is 5.75 Å². The number of allylic oxidation sites excluding steroid dienone is 3. The van der Waals surface area contributed by atoms with Crippen LogP contribution in [0.25, 0.3) is 0 Å². The monoisotopic (exact) mass is 737 g/mol. The molecule has 7 atom stereocenters. The highest BCUT2D eigenvalue weighted by atomic mass is 16.5. The molecule has 2 saturated carbocycles. The van der Waals surface area contributed by atoms with Crippen molar-refractivity contribution in [2.45, 2.75) is 115 Å². The van der Waals surface area contributed by atoms with Gasteiger partial charge in [0.15, 0.2) is 23.2 Å². The third-order valence-corrected chi connectivity index (χ3v) is 12.1. The first-order valence-electron chi connectivity index (χ1n) is 20.1. The summed E-state index contributed by atoms with van der Waals surface area (Å²) in [5.74, 6) is 7.97. The molecule has 0 unspecified atom stereocenters. The third-order valence-electron chi connectivity index (χ3n) is 12.1. The van der Waals surface area contributed by atoms with Crippen LogP contribution in [0.1, 0.15) is 119 Å². The van der Waals surface area contributed by atoms with Gasteiger partial charge in [-0.2, -0.15) is 0 Å². The standard InChI is InChI=1S/C45H59N3O6/c1-4-9-28(25-49)20-34(51)17-16-30-24-41(54-35-13-5-6-14-35)44(52)43-36(30)15-8-11-32(48-45(46)47)21-31-23-38-37(29-10-7-12-33(50)22-29)18-27(2)19-39(38)42(43)40(31)26-53-3/h7,10,12,20,22-24,27,31-32,35,37,39-40,42,49-50,52H,4-6,9,11,13-14,16-19,21,25-26H2,1-3H3,(H4,46,47,48)/t27-,31-,32+,37-,39-,40+,42+/m1/s1. The summed E-state index contributed by atoms with van der Waals surface area (Å²) >= 11 is 0. The number of carbonyl (C=O) groups is 1. The van der Waals surface area contributed by atoms with Crippen LogP contribution in [0.15, 0.2) is 58.6 Å². The molecule has 6 rings (SSSR count). The molecular formula is C45H59N3O6. The summed E-state index contributed by atoms with van der Waals surface area (Å²) in [7, 11) is 1.73. The molecule has 2 fully saturated rings. The Labute approximate surface area is 320 Å². The lowest BCUT2D eigenvalue weighted by Crippen LogP contribution is -2.41. The summed E-state index contributed by atoms with van der Waals surface area (Å²) in [5, 5.41) is 33.1. The van der Waals surface area contributed by atoms with Crippen LogP contribution in [0.5, 0.6) is 17.2 Å². The molecule has 0 spiro atoms. The summed E-state index contributed by atoms with van der Waals surface area (Å²) in [4.78, 5) is 18.0. The zero-order valence-corrected chi connectivity index (χ0v) is 32.2. The second-order valence-corrected chi connectivity index (χ2v) is 16.1. The maximum atomic E-state index is 13.4. The molecule has 2 aromatic rings. The highest BCUT2D eigenvalue weighted by molar-refractivity contribution is 5.90. The molecule has 9 heteroatoms. The number of rotatable bonds is 13. The van der Waals surface area contributed by atoms with E-state index in [9.17, 15) is 20.1 Å². The summed E-state index contributed by atoms with van der Waals surface area (Å²) < 4.78 is 12.7. The second-order valence-electron chi connectivity index (χ2n) is 16.1. The number of aliphatic hydroxyl groups is 1. The van der Waals surface area contributed by atoms with Gasteiger partial charge in [0, 0.05) is 42.9 Å². The minimum atomic E-state index is -0.256. The van der Waals surface area contributed by atoms with Crippen LogP contribution in [0.2, 0.25) is 0 Å². The minimum absolute atomic E-state index is 0.000273. The Bertz CT molecular complexity index is 1810.